The van der Waals surface area contributed by atoms with Gasteiger partial charge in [-0.25, -0.2) is 4.98 Å². The van der Waals surface area contributed by atoms with Crippen LogP contribution in [0.3, 0.4) is 0 Å². The molecular formula is C12H13N3O2. The van der Waals surface area contributed by atoms with Crippen molar-refractivity contribution >= 4 is 0 Å². The predicted molar refractivity (Wildman–Crippen MR) is 60.5 cm³/mol. The van der Waals surface area contributed by atoms with Gasteiger partial charge in [-0.15, -0.1) is 0 Å². The van der Waals surface area contributed by atoms with Gasteiger partial charge >= 0.3 is 0 Å². The Bertz CT molecular complexity index is 477. The van der Waals surface area contributed by atoms with E-state index in [2.05, 4.69) is 15.2 Å². The highest BCUT2D eigenvalue weighted by Crippen LogP contribution is 2.28. The molecule has 17 heavy (non-hydrogen) atoms. The van der Waals surface area contributed by atoms with Crippen LogP contribution < -0.4 is 4.74 Å². The minimum absolute atomic E-state index is 0.389. The maximum Gasteiger partial charge on any atom is 0.157 e. The number of nitrogens with one attached hydrogen (secondary N) is 1. The molecule has 5 nitrogen and oxygen atoms in total. The topological polar surface area (TPSA) is 71.0 Å². The minimum Gasteiger partial charge on any atom is -0.490 e. The van der Waals surface area contributed by atoms with Crippen molar-refractivity contribution in [3.05, 3.63) is 42.0 Å². The van der Waals surface area contributed by atoms with E-state index in [1.54, 1.807) is 0 Å². The summed E-state index contributed by atoms with van der Waals surface area (Å²) in [5, 5.41) is 16.4. The molecule has 1 unspecified atom stereocenters. The highest BCUT2D eigenvalue weighted by atomic mass is 16.5. The normalized spacial score (nSPS) is 16.8. The Morgan fingerprint density at radius 3 is 2.65 bits per heavy atom. The summed E-state index contributed by atoms with van der Waals surface area (Å²) in [5.41, 5.74) is 0.768. The number of hydrogen-bond acceptors (Lipinski definition) is 4. The Hall–Kier alpha value is -1.88. The molecule has 0 aliphatic heterocycles. The average Bonchev–Trinajstić information content (AvgIpc) is 3.00. The van der Waals surface area contributed by atoms with E-state index in [0.29, 0.717) is 11.9 Å². The van der Waals surface area contributed by atoms with Crippen molar-refractivity contribution in [2.45, 2.75) is 25.0 Å². The molecule has 0 radical (unpaired) electrons. The van der Waals surface area contributed by atoms with Gasteiger partial charge < -0.3 is 9.84 Å². The van der Waals surface area contributed by atoms with Crippen LogP contribution in [-0.4, -0.2) is 26.4 Å². The van der Waals surface area contributed by atoms with Gasteiger partial charge in [-0.05, 0) is 30.5 Å². The molecule has 2 N–H and O–H groups in total. The molecule has 1 aromatic heterocycles. The van der Waals surface area contributed by atoms with Gasteiger partial charge in [-0.1, -0.05) is 12.1 Å². The maximum atomic E-state index is 9.99. The van der Waals surface area contributed by atoms with Crippen LogP contribution in [0.2, 0.25) is 0 Å². The lowest BCUT2D eigenvalue weighted by atomic mass is 10.1. The van der Waals surface area contributed by atoms with Gasteiger partial charge in [-0.2, -0.15) is 5.10 Å². The number of aliphatic hydroxyl groups excluding tert-OH is 1. The van der Waals surface area contributed by atoms with Crippen molar-refractivity contribution in [2.75, 3.05) is 0 Å². The van der Waals surface area contributed by atoms with Crippen LogP contribution in [0.5, 0.6) is 5.75 Å². The fraction of sp³-hybridized carbons (Fsp3) is 0.333. The van der Waals surface area contributed by atoms with E-state index in [1.807, 2.05) is 24.3 Å². The van der Waals surface area contributed by atoms with Gasteiger partial charge in [0, 0.05) is 0 Å². The zero-order chi connectivity index (χ0) is 11.7. The zero-order valence-electron chi connectivity index (χ0n) is 9.21. The largest absolute Gasteiger partial charge is 0.490 e. The fourth-order valence-electron chi connectivity index (χ4n) is 1.61. The van der Waals surface area contributed by atoms with E-state index in [1.165, 1.54) is 6.33 Å². The van der Waals surface area contributed by atoms with E-state index in [9.17, 15) is 5.11 Å². The second-order valence-corrected chi connectivity index (χ2v) is 4.16. The van der Waals surface area contributed by atoms with Crippen LogP contribution in [0.25, 0.3) is 0 Å². The number of H-pyrrole nitrogens is 1. The van der Waals surface area contributed by atoms with Crippen molar-refractivity contribution in [3.63, 3.8) is 0 Å². The van der Waals surface area contributed by atoms with E-state index in [-0.39, 0.29) is 0 Å². The van der Waals surface area contributed by atoms with Crippen LogP contribution >= 0.6 is 0 Å². The maximum absolute atomic E-state index is 9.99. The Morgan fingerprint density at radius 1 is 1.29 bits per heavy atom. The number of aromatic nitrogens is 3. The minimum atomic E-state index is -0.771. The van der Waals surface area contributed by atoms with E-state index in [4.69, 9.17) is 4.74 Å². The first-order valence-corrected chi connectivity index (χ1v) is 5.63. The Balaban J connectivity index is 1.74. The molecule has 1 fully saturated rings. The Morgan fingerprint density at radius 2 is 2.06 bits per heavy atom. The first-order chi connectivity index (χ1) is 8.33. The van der Waals surface area contributed by atoms with Crippen LogP contribution in [0.15, 0.2) is 30.6 Å². The summed E-state index contributed by atoms with van der Waals surface area (Å²) >= 11 is 0. The predicted octanol–water partition coefficient (Wildman–Crippen LogP) is 1.43. The van der Waals surface area contributed by atoms with Crippen molar-refractivity contribution in [3.8, 4) is 5.75 Å². The smallest absolute Gasteiger partial charge is 0.157 e. The fourth-order valence-corrected chi connectivity index (χ4v) is 1.61. The molecule has 0 saturated heterocycles. The Kier molecular flexibility index (Phi) is 2.53. The van der Waals surface area contributed by atoms with Crippen LogP contribution in [-0.2, 0) is 0 Å². The first kappa shape index (κ1) is 10.3. The third-order valence-electron chi connectivity index (χ3n) is 2.72. The third-order valence-corrected chi connectivity index (χ3v) is 2.72. The summed E-state index contributed by atoms with van der Waals surface area (Å²) < 4.78 is 5.63. The summed E-state index contributed by atoms with van der Waals surface area (Å²) in [5.74, 6) is 1.29. The molecule has 1 heterocycles. The third kappa shape index (κ3) is 2.29. The van der Waals surface area contributed by atoms with E-state index in [0.717, 1.165) is 24.2 Å². The number of rotatable bonds is 4. The molecule has 3 rings (SSSR count). The summed E-state index contributed by atoms with van der Waals surface area (Å²) in [6.07, 6.45) is 3.28. The monoisotopic (exact) mass is 231 g/mol. The summed E-state index contributed by atoms with van der Waals surface area (Å²) in [4.78, 5) is 3.93. The van der Waals surface area contributed by atoms with Gasteiger partial charge in [0.05, 0.1) is 6.10 Å². The lowest BCUT2D eigenvalue weighted by molar-refractivity contribution is 0.210. The Labute approximate surface area is 98.5 Å². The molecule has 0 amide bonds. The molecule has 1 aliphatic rings. The van der Waals surface area contributed by atoms with Crippen molar-refractivity contribution in [2.24, 2.45) is 0 Å². The van der Waals surface area contributed by atoms with Crippen molar-refractivity contribution in [1.82, 2.24) is 15.2 Å². The van der Waals surface area contributed by atoms with E-state index < -0.39 is 6.10 Å². The van der Waals surface area contributed by atoms with Crippen molar-refractivity contribution in [1.29, 1.82) is 0 Å². The lowest BCUT2D eigenvalue weighted by Crippen LogP contribution is -2.02. The summed E-state index contributed by atoms with van der Waals surface area (Å²) in [7, 11) is 0. The number of hydrogen-bond donors (Lipinski definition) is 2. The highest BCUT2D eigenvalue weighted by molar-refractivity contribution is 5.31. The van der Waals surface area contributed by atoms with Crippen LogP contribution in [0, 0.1) is 0 Å². The van der Waals surface area contributed by atoms with Gasteiger partial charge in [-0.3, -0.25) is 5.10 Å². The number of aliphatic hydroxyl groups is 1. The number of benzene rings is 1. The molecule has 5 heteroatoms. The average molecular weight is 231 g/mol. The van der Waals surface area contributed by atoms with Gasteiger partial charge in [0.15, 0.2) is 5.82 Å². The number of aromatic amines is 1. The van der Waals surface area contributed by atoms with Crippen molar-refractivity contribution < 1.29 is 9.84 Å². The second-order valence-electron chi connectivity index (χ2n) is 4.16. The molecule has 1 saturated carbocycles. The summed E-state index contributed by atoms with van der Waals surface area (Å²) in [6, 6.07) is 7.41. The number of ether oxygens (including phenoxy) is 1. The molecule has 1 aliphatic carbocycles. The second kappa shape index (κ2) is 4.18. The van der Waals surface area contributed by atoms with E-state index >= 15 is 0 Å². The highest BCUT2D eigenvalue weighted by Gasteiger charge is 2.23. The van der Waals surface area contributed by atoms with Gasteiger partial charge in [0.2, 0.25) is 0 Å². The molecule has 88 valence electrons. The standard InChI is InChI=1S/C12H13N3O2/c16-11(12-13-7-14-15-12)8-1-3-9(4-2-8)17-10-5-6-10/h1-4,7,10-11,16H,5-6H2,(H,13,14,15). The van der Waals surface area contributed by atoms with Gasteiger partial charge in [0.25, 0.3) is 0 Å². The van der Waals surface area contributed by atoms with Crippen LogP contribution in [0.1, 0.15) is 30.3 Å². The molecule has 0 spiro atoms. The van der Waals surface area contributed by atoms with Gasteiger partial charge in [0.1, 0.15) is 18.2 Å². The number of nitrogens with zero attached hydrogens (tertiary/aromatic N) is 2. The summed E-state index contributed by atoms with van der Waals surface area (Å²) in [6.45, 7) is 0. The molecule has 1 atom stereocenters. The molecule has 2 aromatic rings. The molecular weight excluding hydrogens is 218 g/mol. The zero-order valence-corrected chi connectivity index (χ0v) is 9.21. The molecule has 0 bridgehead atoms. The lowest BCUT2D eigenvalue weighted by Gasteiger charge is -2.09. The van der Waals surface area contributed by atoms with Crippen LogP contribution in [0.4, 0.5) is 0 Å². The molecule has 1 aromatic carbocycles. The quantitative estimate of drug-likeness (QED) is 0.835. The SMILES string of the molecule is OC(c1ccc(OC2CC2)cc1)c1ncn[nH]1. The first-order valence-electron chi connectivity index (χ1n) is 5.63.